The van der Waals surface area contributed by atoms with Gasteiger partial charge in [-0.2, -0.15) is 0 Å². The number of pyridine rings is 1. The van der Waals surface area contributed by atoms with Crippen LogP contribution in [0.15, 0.2) is 24.4 Å². The summed E-state index contributed by atoms with van der Waals surface area (Å²) >= 11 is 0. The molecule has 1 aromatic heterocycles. The van der Waals surface area contributed by atoms with Gasteiger partial charge in [0, 0.05) is 17.8 Å². The van der Waals surface area contributed by atoms with Crippen LogP contribution in [0.25, 0.3) is 0 Å². The monoisotopic (exact) mass is 301 g/mol. The standard InChI is InChI=1S/C19H31N3/c1-19(22(2)3)12-10-16(11-13-19)21-18(15-7-6-8-15)17-9-4-5-14-20-17/h4-5,9,14-16,18,21H,6-8,10-13H2,1-3H3. The maximum Gasteiger partial charge on any atom is 0.0576 e. The molecule has 1 N–H and O–H groups in total. The zero-order chi connectivity index (χ0) is 15.6. The van der Waals surface area contributed by atoms with E-state index in [0.717, 1.165) is 5.92 Å². The molecular weight excluding hydrogens is 270 g/mol. The maximum atomic E-state index is 4.63. The Labute approximate surface area is 135 Å². The summed E-state index contributed by atoms with van der Waals surface area (Å²) in [6.07, 6.45) is 11.2. The molecular formula is C19H31N3. The lowest BCUT2D eigenvalue weighted by Crippen LogP contribution is -2.49. The lowest BCUT2D eigenvalue weighted by Gasteiger charge is -2.44. The lowest BCUT2D eigenvalue weighted by molar-refractivity contribution is 0.0961. The molecule has 0 amide bonds. The van der Waals surface area contributed by atoms with E-state index in [-0.39, 0.29) is 0 Å². The van der Waals surface area contributed by atoms with Crippen LogP contribution < -0.4 is 5.32 Å². The van der Waals surface area contributed by atoms with Crippen LogP contribution in [0.5, 0.6) is 0 Å². The van der Waals surface area contributed by atoms with Crippen LogP contribution in [0.2, 0.25) is 0 Å². The highest BCUT2D eigenvalue weighted by Crippen LogP contribution is 2.39. The first-order chi connectivity index (χ1) is 10.6. The molecule has 0 spiro atoms. The van der Waals surface area contributed by atoms with Crippen molar-refractivity contribution in [1.82, 2.24) is 15.2 Å². The van der Waals surface area contributed by atoms with Gasteiger partial charge in [-0.15, -0.1) is 0 Å². The van der Waals surface area contributed by atoms with Crippen molar-refractivity contribution in [2.24, 2.45) is 5.92 Å². The number of rotatable bonds is 5. The summed E-state index contributed by atoms with van der Waals surface area (Å²) < 4.78 is 0. The van der Waals surface area contributed by atoms with Crippen LogP contribution in [0.3, 0.4) is 0 Å². The van der Waals surface area contributed by atoms with E-state index >= 15 is 0 Å². The smallest absolute Gasteiger partial charge is 0.0576 e. The quantitative estimate of drug-likeness (QED) is 0.897. The Morgan fingerprint density at radius 1 is 1.18 bits per heavy atom. The molecule has 122 valence electrons. The van der Waals surface area contributed by atoms with Crippen LogP contribution >= 0.6 is 0 Å². The van der Waals surface area contributed by atoms with Crippen LogP contribution in [0.4, 0.5) is 0 Å². The van der Waals surface area contributed by atoms with Crippen LogP contribution in [-0.4, -0.2) is 35.6 Å². The largest absolute Gasteiger partial charge is 0.306 e. The highest BCUT2D eigenvalue weighted by Gasteiger charge is 2.36. The predicted molar refractivity (Wildman–Crippen MR) is 91.8 cm³/mol. The molecule has 3 heteroatoms. The Bertz CT molecular complexity index is 459. The fourth-order valence-electron chi connectivity index (χ4n) is 3.90. The van der Waals surface area contributed by atoms with Crippen molar-refractivity contribution < 1.29 is 0 Å². The average Bonchev–Trinajstić information content (AvgIpc) is 2.48. The molecule has 1 atom stereocenters. The van der Waals surface area contributed by atoms with Crippen molar-refractivity contribution in [3.05, 3.63) is 30.1 Å². The lowest BCUT2D eigenvalue weighted by atomic mass is 9.76. The first kappa shape index (κ1) is 15.9. The van der Waals surface area contributed by atoms with Gasteiger partial charge in [0.05, 0.1) is 11.7 Å². The average molecular weight is 301 g/mol. The third-order valence-electron chi connectivity index (χ3n) is 6.19. The molecule has 2 saturated carbocycles. The van der Waals surface area contributed by atoms with Gasteiger partial charge < -0.3 is 10.2 Å². The molecule has 22 heavy (non-hydrogen) atoms. The molecule has 1 heterocycles. The number of hydrogen-bond donors (Lipinski definition) is 1. The Morgan fingerprint density at radius 2 is 1.91 bits per heavy atom. The van der Waals surface area contributed by atoms with Gasteiger partial charge in [-0.1, -0.05) is 12.5 Å². The van der Waals surface area contributed by atoms with E-state index in [0.29, 0.717) is 17.6 Å². The summed E-state index contributed by atoms with van der Waals surface area (Å²) in [4.78, 5) is 7.04. The summed E-state index contributed by atoms with van der Waals surface area (Å²) in [5.41, 5.74) is 1.63. The minimum absolute atomic E-state index is 0.384. The van der Waals surface area contributed by atoms with Crippen molar-refractivity contribution in [2.75, 3.05) is 14.1 Å². The van der Waals surface area contributed by atoms with Crippen molar-refractivity contribution in [3.63, 3.8) is 0 Å². The van der Waals surface area contributed by atoms with E-state index < -0.39 is 0 Å². The number of nitrogens with one attached hydrogen (secondary N) is 1. The van der Waals surface area contributed by atoms with E-state index in [1.54, 1.807) is 0 Å². The third kappa shape index (κ3) is 3.36. The van der Waals surface area contributed by atoms with Gasteiger partial charge >= 0.3 is 0 Å². The summed E-state index contributed by atoms with van der Waals surface area (Å²) in [6, 6.07) is 7.46. The van der Waals surface area contributed by atoms with Gasteiger partial charge in [0.2, 0.25) is 0 Å². The molecule has 1 aromatic rings. The molecule has 0 bridgehead atoms. The number of nitrogens with zero attached hydrogens (tertiary/aromatic N) is 2. The zero-order valence-electron chi connectivity index (χ0n) is 14.4. The minimum atomic E-state index is 0.384. The van der Waals surface area contributed by atoms with Crippen LogP contribution in [0, 0.1) is 5.92 Å². The number of aromatic nitrogens is 1. The second kappa shape index (κ2) is 6.67. The highest BCUT2D eigenvalue weighted by atomic mass is 15.1. The minimum Gasteiger partial charge on any atom is -0.306 e. The molecule has 0 radical (unpaired) electrons. The van der Waals surface area contributed by atoms with Gasteiger partial charge in [0.15, 0.2) is 0 Å². The first-order valence-electron chi connectivity index (χ1n) is 8.93. The van der Waals surface area contributed by atoms with E-state index in [1.807, 2.05) is 12.3 Å². The van der Waals surface area contributed by atoms with Crippen LogP contribution in [0.1, 0.15) is 63.6 Å². The zero-order valence-corrected chi connectivity index (χ0v) is 14.4. The topological polar surface area (TPSA) is 28.2 Å². The summed E-state index contributed by atoms with van der Waals surface area (Å²) in [7, 11) is 4.44. The van der Waals surface area contributed by atoms with Gasteiger partial charge in [-0.3, -0.25) is 4.98 Å². The summed E-state index contributed by atoms with van der Waals surface area (Å²) in [6.45, 7) is 2.41. The SMILES string of the molecule is CN(C)C1(C)CCC(NC(c2ccccn2)C2CCC2)CC1. The van der Waals surface area contributed by atoms with Crippen molar-refractivity contribution in [3.8, 4) is 0 Å². The molecule has 0 saturated heterocycles. The van der Waals surface area contributed by atoms with Crippen molar-refractivity contribution in [2.45, 2.75) is 69.5 Å². The Balaban J connectivity index is 1.63. The molecule has 2 fully saturated rings. The molecule has 3 nitrogen and oxygen atoms in total. The Hall–Kier alpha value is -0.930. The second-order valence-electron chi connectivity index (χ2n) is 7.76. The van der Waals surface area contributed by atoms with Gasteiger partial charge in [0.25, 0.3) is 0 Å². The predicted octanol–water partition coefficient (Wildman–Crippen LogP) is 3.78. The van der Waals surface area contributed by atoms with Crippen molar-refractivity contribution >= 4 is 0 Å². The Morgan fingerprint density at radius 3 is 2.41 bits per heavy atom. The highest BCUT2D eigenvalue weighted by molar-refractivity contribution is 5.11. The van der Waals surface area contributed by atoms with E-state index in [1.165, 1.54) is 50.6 Å². The third-order valence-corrected chi connectivity index (χ3v) is 6.19. The second-order valence-corrected chi connectivity index (χ2v) is 7.76. The van der Waals surface area contributed by atoms with Gasteiger partial charge in [0.1, 0.15) is 0 Å². The fraction of sp³-hybridized carbons (Fsp3) is 0.737. The molecule has 1 unspecified atom stereocenters. The fourth-order valence-corrected chi connectivity index (χ4v) is 3.90. The van der Waals surface area contributed by atoms with Gasteiger partial charge in [-0.25, -0.2) is 0 Å². The normalized spacial score (nSPS) is 31.0. The summed E-state index contributed by atoms with van der Waals surface area (Å²) in [5, 5.41) is 3.97. The Kier molecular flexibility index (Phi) is 4.84. The van der Waals surface area contributed by atoms with Gasteiger partial charge in [-0.05, 0) is 77.6 Å². The van der Waals surface area contributed by atoms with E-state index in [4.69, 9.17) is 0 Å². The van der Waals surface area contributed by atoms with E-state index in [2.05, 4.69) is 48.4 Å². The summed E-state index contributed by atoms with van der Waals surface area (Å²) in [5.74, 6) is 0.789. The molecule has 0 aliphatic heterocycles. The maximum absolute atomic E-state index is 4.63. The first-order valence-corrected chi connectivity index (χ1v) is 8.93. The molecule has 3 rings (SSSR count). The number of hydrogen-bond acceptors (Lipinski definition) is 3. The molecule has 2 aliphatic carbocycles. The molecule has 0 aromatic carbocycles. The van der Waals surface area contributed by atoms with E-state index in [9.17, 15) is 0 Å². The van der Waals surface area contributed by atoms with Crippen LogP contribution in [-0.2, 0) is 0 Å². The molecule has 2 aliphatic rings. The van der Waals surface area contributed by atoms with Crippen molar-refractivity contribution in [1.29, 1.82) is 0 Å².